The van der Waals surface area contributed by atoms with Crippen molar-refractivity contribution in [1.29, 1.82) is 0 Å². The van der Waals surface area contributed by atoms with Crippen LogP contribution in [0.15, 0.2) is 93.4 Å². The number of Topliss-reactive ketones (excluding diaryl/α,β-unsaturated/α-hetero) is 1. The fourth-order valence-electron chi connectivity index (χ4n) is 5.08. The maximum Gasteiger partial charge on any atom is 0.212 e. The summed E-state index contributed by atoms with van der Waals surface area (Å²) in [6.45, 7) is 6.18. The second-order valence-corrected chi connectivity index (χ2v) is 9.25. The van der Waals surface area contributed by atoms with Gasteiger partial charge in [-0.15, -0.1) is 0 Å². The molecule has 2 aromatic heterocycles. The molecule has 2 N–H and O–H groups in total. The minimum atomic E-state index is 0.0179. The second-order valence-electron chi connectivity index (χ2n) is 9.25. The molecule has 172 valence electrons. The number of likely N-dealkylation sites (N-methyl/N-ethyl adjacent to an activating group) is 1. The topological polar surface area (TPSA) is 64.2 Å². The Balaban J connectivity index is 1.68. The predicted octanol–water partition coefficient (Wildman–Crippen LogP) is 4.30. The normalized spacial score (nSPS) is 17.6. The van der Waals surface area contributed by atoms with Crippen molar-refractivity contribution < 1.29 is 4.79 Å². The molecule has 0 fully saturated rings. The highest BCUT2D eigenvalue weighted by Crippen LogP contribution is 2.38. The van der Waals surface area contributed by atoms with Gasteiger partial charge in [-0.25, -0.2) is 4.99 Å². The summed E-state index contributed by atoms with van der Waals surface area (Å²) in [7, 11) is 1.97. The number of rotatable bonds is 1. The molecule has 0 radical (unpaired) electrons. The number of carbonyl (C=O) groups excluding carboxylic acids is 1. The lowest BCUT2D eigenvalue weighted by atomic mass is 9.96. The van der Waals surface area contributed by atoms with Gasteiger partial charge in [0.25, 0.3) is 0 Å². The van der Waals surface area contributed by atoms with Gasteiger partial charge in [-0.3, -0.25) is 4.79 Å². The molecule has 0 aliphatic carbocycles. The highest BCUT2D eigenvalue weighted by Gasteiger charge is 2.36. The zero-order valence-electron chi connectivity index (χ0n) is 20.2. The van der Waals surface area contributed by atoms with E-state index < -0.39 is 0 Å². The van der Waals surface area contributed by atoms with Crippen molar-refractivity contribution in [1.82, 2.24) is 14.9 Å². The SMILES string of the molecule is CC1=C(C)C2=NC1=Cc1ccc([nH]1)C=c1ccc([nH]1)=CC1=C(c3ccccc3)C(=O)C(=C2C)N1C. The smallest absolute Gasteiger partial charge is 0.212 e. The number of aliphatic imine (C=N–C) groups is 1. The number of aromatic amines is 2. The minimum Gasteiger partial charge on any atom is -0.355 e. The maximum absolute atomic E-state index is 14.0. The first-order valence-corrected chi connectivity index (χ1v) is 11.8. The third-order valence-electron chi connectivity index (χ3n) is 7.06. The van der Waals surface area contributed by atoms with Crippen LogP contribution in [0.1, 0.15) is 37.7 Å². The van der Waals surface area contributed by atoms with E-state index in [2.05, 4.69) is 54.2 Å². The first-order valence-electron chi connectivity index (χ1n) is 11.8. The van der Waals surface area contributed by atoms with E-state index in [0.29, 0.717) is 11.3 Å². The van der Waals surface area contributed by atoms with Crippen LogP contribution in [-0.2, 0) is 4.79 Å². The van der Waals surface area contributed by atoms with Crippen molar-refractivity contribution >= 4 is 35.3 Å². The first-order chi connectivity index (χ1) is 16.9. The van der Waals surface area contributed by atoms with Gasteiger partial charge in [-0.05, 0) is 80.0 Å². The second kappa shape index (κ2) is 7.84. The predicted molar refractivity (Wildman–Crippen MR) is 141 cm³/mol. The van der Waals surface area contributed by atoms with E-state index in [-0.39, 0.29) is 5.78 Å². The van der Waals surface area contributed by atoms with E-state index in [9.17, 15) is 4.79 Å². The Morgan fingerprint density at radius 2 is 1.43 bits per heavy atom. The van der Waals surface area contributed by atoms with Crippen LogP contribution < -0.4 is 10.7 Å². The van der Waals surface area contributed by atoms with Gasteiger partial charge in [0.15, 0.2) is 0 Å². The summed E-state index contributed by atoms with van der Waals surface area (Å²) in [5.74, 6) is 0.0179. The number of nitrogens with one attached hydrogen (secondary N) is 2. The minimum absolute atomic E-state index is 0.0179. The largest absolute Gasteiger partial charge is 0.355 e. The Morgan fingerprint density at radius 1 is 0.743 bits per heavy atom. The highest BCUT2D eigenvalue weighted by molar-refractivity contribution is 6.35. The van der Waals surface area contributed by atoms with Gasteiger partial charge in [-0.1, -0.05) is 30.3 Å². The molecule has 0 atom stereocenters. The summed E-state index contributed by atoms with van der Waals surface area (Å²) < 4.78 is 0. The number of hydrogen-bond donors (Lipinski definition) is 2. The van der Waals surface area contributed by atoms with Gasteiger partial charge in [0.1, 0.15) is 0 Å². The molecule has 5 nitrogen and oxygen atoms in total. The van der Waals surface area contributed by atoms with E-state index in [4.69, 9.17) is 4.99 Å². The molecule has 0 saturated heterocycles. The highest BCUT2D eigenvalue weighted by atomic mass is 16.1. The van der Waals surface area contributed by atoms with E-state index in [0.717, 1.165) is 61.5 Å². The van der Waals surface area contributed by atoms with Crippen molar-refractivity contribution in [3.05, 3.63) is 116 Å². The summed E-state index contributed by atoms with van der Waals surface area (Å²) in [5.41, 5.74) is 10.0. The van der Waals surface area contributed by atoms with Crippen LogP contribution >= 0.6 is 0 Å². The van der Waals surface area contributed by atoms with Crippen molar-refractivity contribution in [2.24, 2.45) is 4.99 Å². The third kappa shape index (κ3) is 3.39. The van der Waals surface area contributed by atoms with Gasteiger partial charge in [0.2, 0.25) is 5.78 Å². The summed E-state index contributed by atoms with van der Waals surface area (Å²) in [6, 6.07) is 18.1. The Bertz CT molecular complexity index is 1680. The summed E-state index contributed by atoms with van der Waals surface area (Å²) in [4.78, 5) is 27.9. The number of carbonyl (C=O) groups is 1. The fourth-order valence-corrected chi connectivity index (χ4v) is 5.08. The number of hydrogen-bond acceptors (Lipinski definition) is 3. The van der Waals surface area contributed by atoms with E-state index in [1.807, 2.05) is 61.3 Å². The quantitative estimate of drug-likeness (QED) is 0.571. The molecule has 35 heavy (non-hydrogen) atoms. The molecule has 5 heteroatoms. The molecule has 6 rings (SSSR count). The number of benzene rings is 1. The van der Waals surface area contributed by atoms with Crippen LogP contribution in [0.2, 0.25) is 0 Å². The number of allylic oxidation sites excluding steroid dienone is 5. The number of ketones is 1. The standard InChI is InChI=1S/C30H26N4O/c1-17-18(2)28-19(3)29-30(35)27(20-8-6-5-7-9-20)26(34(29)4)16-24-13-11-22(32-24)14-21-10-12-23(31-21)15-25(17)33-28/h5-16,31-32H,1-4H3. The van der Waals surface area contributed by atoms with Crippen molar-refractivity contribution in [3.63, 3.8) is 0 Å². The first kappa shape index (κ1) is 21.2. The lowest BCUT2D eigenvalue weighted by molar-refractivity contribution is -0.110. The van der Waals surface area contributed by atoms with Crippen molar-refractivity contribution in [2.75, 3.05) is 7.05 Å². The van der Waals surface area contributed by atoms with Gasteiger partial charge < -0.3 is 14.9 Å². The van der Waals surface area contributed by atoms with Crippen molar-refractivity contribution in [2.45, 2.75) is 20.8 Å². The zero-order valence-corrected chi connectivity index (χ0v) is 20.2. The van der Waals surface area contributed by atoms with E-state index >= 15 is 0 Å². The van der Waals surface area contributed by atoms with Gasteiger partial charge in [-0.2, -0.15) is 0 Å². The van der Waals surface area contributed by atoms with Crippen molar-refractivity contribution in [3.8, 4) is 0 Å². The molecule has 8 bridgehead atoms. The Kier molecular flexibility index (Phi) is 4.74. The number of nitrogens with zero attached hydrogens (tertiary/aromatic N) is 2. The summed E-state index contributed by atoms with van der Waals surface area (Å²) in [6.07, 6.45) is 6.20. The molecule has 0 unspecified atom stereocenters. The lowest BCUT2D eigenvalue weighted by Crippen LogP contribution is -2.20. The summed E-state index contributed by atoms with van der Waals surface area (Å²) >= 11 is 0. The molecule has 0 spiro atoms. The number of fused-ring (bicyclic) bond motifs is 7. The average Bonchev–Trinajstić information content (AvgIpc) is 3.60. The van der Waals surface area contributed by atoms with E-state index in [1.54, 1.807) is 0 Å². The lowest BCUT2D eigenvalue weighted by Gasteiger charge is -2.18. The van der Waals surface area contributed by atoms with Crippen LogP contribution in [0.3, 0.4) is 0 Å². The Labute approximate surface area is 203 Å². The number of H-pyrrole nitrogens is 2. The van der Waals surface area contributed by atoms with Crippen LogP contribution in [-0.4, -0.2) is 33.4 Å². The Hall–Kier alpha value is -4.38. The van der Waals surface area contributed by atoms with Crippen LogP contribution in [0.4, 0.5) is 0 Å². The monoisotopic (exact) mass is 458 g/mol. The van der Waals surface area contributed by atoms with E-state index in [1.165, 1.54) is 0 Å². The molecule has 3 aromatic rings. The zero-order chi connectivity index (χ0) is 24.3. The maximum atomic E-state index is 14.0. The molecular formula is C30H26N4O. The fraction of sp³-hybridized carbons (Fsp3) is 0.133. The Morgan fingerprint density at radius 3 is 2.17 bits per heavy atom. The third-order valence-corrected chi connectivity index (χ3v) is 7.06. The summed E-state index contributed by atoms with van der Waals surface area (Å²) in [5, 5.41) is 1.92. The average molecular weight is 459 g/mol. The van der Waals surface area contributed by atoms with Gasteiger partial charge >= 0.3 is 0 Å². The van der Waals surface area contributed by atoms with Crippen LogP contribution in [0, 0.1) is 0 Å². The van der Waals surface area contributed by atoms with Crippen LogP contribution in [0.5, 0.6) is 0 Å². The molecule has 5 heterocycles. The number of aromatic nitrogens is 2. The molecule has 3 aliphatic rings. The molecule has 1 aromatic carbocycles. The molecule has 0 saturated carbocycles. The van der Waals surface area contributed by atoms with Gasteiger partial charge in [0, 0.05) is 34.7 Å². The van der Waals surface area contributed by atoms with Gasteiger partial charge in [0.05, 0.1) is 28.4 Å². The molecular weight excluding hydrogens is 432 g/mol. The molecule has 3 aliphatic heterocycles. The van der Waals surface area contributed by atoms with Crippen LogP contribution in [0.25, 0.3) is 23.8 Å². The molecule has 0 amide bonds.